The number of nitrogen functional groups attached to an aromatic ring is 2. The highest BCUT2D eigenvalue weighted by atomic mass is 16.5. The van der Waals surface area contributed by atoms with E-state index in [0.717, 1.165) is 48.2 Å². The molecule has 0 aromatic heterocycles. The summed E-state index contributed by atoms with van der Waals surface area (Å²) in [7, 11) is 0. The van der Waals surface area contributed by atoms with E-state index in [9.17, 15) is 0 Å². The third-order valence-electron chi connectivity index (χ3n) is 11.7. The average molecular weight is 505 g/mol. The van der Waals surface area contributed by atoms with Gasteiger partial charge in [0.05, 0.1) is 11.8 Å². The summed E-state index contributed by atoms with van der Waals surface area (Å²) in [5.74, 6) is 5.62. The highest BCUT2D eigenvalue weighted by Gasteiger charge is 2.60. The Balaban J connectivity index is 1.31. The highest BCUT2D eigenvalue weighted by Crippen LogP contribution is 2.67. The Morgan fingerprint density at radius 2 is 1.89 bits per heavy atom. The second-order valence-electron chi connectivity index (χ2n) is 13.7. The van der Waals surface area contributed by atoms with E-state index < -0.39 is 0 Å². The number of allylic oxidation sites excluding steroid dienone is 4. The first-order valence-electron chi connectivity index (χ1n) is 15.3. The van der Waals surface area contributed by atoms with Crippen LogP contribution in [0.25, 0.3) is 0 Å². The van der Waals surface area contributed by atoms with Crippen LogP contribution in [0.2, 0.25) is 0 Å². The van der Waals surface area contributed by atoms with E-state index in [0.29, 0.717) is 28.1 Å². The van der Waals surface area contributed by atoms with Crippen LogP contribution in [-0.4, -0.2) is 6.10 Å². The zero-order valence-corrected chi connectivity index (χ0v) is 24.1. The van der Waals surface area contributed by atoms with Gasteiger partial charge in [0.2, 0.25) is 0 Å². The quantitative estimate of drug-likeness (QED) is 0.288. The van der Waals surface area contributed by atoms with Gasteiger partial charge in [-0.05, 0) is 143 Å². The largest absolute Gasteiger partial charge is 0.488 e. The van der Waals surface area contributed by atoms with E-state index in [1.165, 1.54) is 56.9 Å². The summed E-state index contributed by atoms with van der Waals surface area (Å²) in [6.07, 6.45) is 21.2. The molecular weight excluding hydrogens is 452 g/mol. The van der Waals surface area contributed by atoms with Crippen molar-refractivity contribution in [3.63, 3.8) is 0 Å². The first-order valence-corrected chi connectivity index (χ1v) is 15.3. The topological polar surface area (TPSA) is 61.3 Å². The fourth-order valence-electron chi connectivity index (χ4n) is 9.85. The summed E-state index contributed by atoms with van der Waals surface area (Å²) < 4.78 is 6.47. The van der Waals surface area contributed by atoms with Crippen LogP contribution in [0.3, 0.4) is 0 Å². The monoisotopic (exact) mass is 504 g/mol. The zero-order valence-electron chi connectivity index (χ0n) is 24.1. The normalized spacial score (nSPS) is 39.3. The van der Waals surface area contributed by atoms with Gasteiger partial charge < -0.3 is 16.2 Å². The van der Waals surface area contributed by atoms with Crippen molar-refractivity contribution >= 4 is 11.4 Å². The summed E-state index contributed by atoms with van der Waals surface area (Å²) in [6.45, 7) is 12.2. The SMILES string of the molecule is CCC12CCC(Oc3ccc(N)cc3N)CC1C=CC1C3CCC(C(C)CCC=C(C)C)C3(C)CC[C@H]12. The van der Waals surface area contributed by atoms with Crippen LogP contribution in [0.1, 0.15) is 98.8 Å². The molecule has 0 aliphatic heterocycles. The molecule has 37 heavy (non-hydrogen) atoms. The smallest absolute Gasteiger partial charge is 0.142 e. The van der Waals surface area contributed by atoms with Crippen LogP contribution < -0.4 is 16.2 Å². The molecule has 0 amide bonds. The molecule has 4 aliphatic carbocycles. The molecule has 4 aliphatic rings. The lowest BCUT2D eigenvalue weighted by Gasteiger charge is -2.60. The standard InChI is InChI=1S/C34H52N2O/c1-6-34-19-16-26(37-32-15-11-25(35)21-31(32)36)20-24(34)10-12-27-29-14-13-28(23(4)9-7-8-22(2)3)33(29,5)18-17-30(27)34/h8,10-12,15,21,23-24,26-30H,6-7,9,13-14,16-20,35-36H2,1-5H3/t23?,24?,26?,27?,28?,29?,30-,33?,34?/m1/s1. The molecule has 4 N–H and O–H groups in total. The van der Waals surface area contributed by atoms with Crippen molar-refractivity contribution in [2.24, 2.45) is 46.3 Å². The fraction of sp³-hybridized carbons (Fsp3) is 0.706. The Labute approximate surface area is 226 Å². The van der Waals surface area contributed by atoms with Crippen molar-refractivity contribution < 1.29 is 4.74 Å². The first kappa shape index (κ1) is 26.7. The van der Waals surface area contributed by atoms with Crippen molar-refractivity contribution in [3.05, 3.63) is 42.0 Å². The van der Waals surface area contributed by atoms with Gasteiger partial charge in [-0.15, -0.1) is 0 Å². The van der Waals surface area contributed by atoms with Gasteiger partial charge in [-0.2, -0.15) is 0 Å². The molecule has 5 rings (SSSR count). The molecule has 0 radical (unpaired) electrons. The van der Waals surface area contributed by atoms with Crippen molar-refractivity contribution in [1.29, 1.82) is 0 Å². The summed E-state index contributed by atoms with van der Waals surface area (Å²) in [5, 5.41) is 0. The van der Waals surface area contributed by atoms with Gasteiger partial charge in [-0.3, -0.25) is 0 Å². The molecule has 0 bridgehead atoms. The minimum absolute atomic E-state index is 0.239. The van der Waals surface area contributed by atoms with Gasteiger partial charge in [-0.1, -0.05) is 44.6 Å². The Hall–Kier alpha value is -1.90. The lowest BCUT2D eigenvalue weighted by Crippen LogP contribution is -2.53. The van der Waals surface area contributed by atoms with Crippen LogP contribution in [0.5, 0.6) is 5.75 Å². The number of fused-ring (bicyclic) bond motifs is 5. The zero-order chi connectivity index (χ0) is 26.4. The van der Waals surface area contributed by atoms with Crippen LogP contribution in [0.15, 0.2) is 42.0 Å². The van der Waals surface area contributed by atoms with E-state index in [2.05, 4.69) is 52.8 Å². The van der Waals surface area contributed by atoms with Crippen molar-refractivity contribution in [1.82, 2.24) is 0 Å². The first-order chi connectivity index (χ1) is 17.7. The number of hydrogen-bond acceptors (Lipinski definition) is 3. The molecule has 9 atom stereocenters. The van der Waals surface area contributed by atoms with Gasteiger partial charge >= 0.3 is 0 Å². The maximum atomic E-state index is 6.47. The average Bonchev–Trinajstić information content (AvgIpc) is 3.22. The van der Waals surface area contributed by atoms with Gasteiger partial charge in [0.15, 0.2) is 0 Å². The Morgan fingerprint density at radius 1 is 1.08 bits per heavy atom. The van der Waals surface area contributed by atoms with Gasteiger partial charge in [-0.25, -0.2) is 0 Å². The summed E-state index contributed by atoms with van der Waals surface area (Å²) >= 11 is 0. The highest BCUT2D eigenvalue weighted by molar-refractivity contribution is 5.60. The predicted molar refractivity (Wildman–Crippen MR) is 157 cm³/mol. The van der Waals surface area contributed by atoms with E-state index in [1.807, 2.05) is 18.2 Å². The minimum atomic E-state index is 0.239. The molecule has 0 heterocycles. The molecule has 0 saturated heterocycles. The molecule has 0 spiro atoms. The van der Waals surface area contributed by atoms with Crippen molar-refractivity contribution in [2.45, 2.75) is 105 Å². The second kappa shape index (κ2) is 10.3. The van der Waals surface area contributed by atoms with E-state index in [4.69, 9.17) is 16.2 Å². The van der Waals surface area contributed by atoms with Crippen LogP contribution >= 0.6 is 0 Å². The Morgan fingerprint density at radius 3 is 2.62 bits per heavy atom. The van der Waals surface area contributed by atoms with Crippen LogP contribution in [0, 0.1) is 46.3 Å². The minimum Gasteiger partial charge on any atom is -0.488 e. The summed E-state index contributed by atoms with van der Waals surface area (Å²) in [4.78, 5) is 0. The Kier molecular flexibility index (Phi) is 7.46. The van der Waals surface area contributed by atoms with E-state index in [-0.39, 0.29) is 6.10 Å². The lowest BCUT2D eigenvalue weighted by atomic mass is 9.45. The lowest BCUT2D eigenvalue weighted by molar-refractivity contribution is -0.0890. The number of ether oxygens (including phenoxy) is 1. The van der Waals surface area contributed by atoms with Gasteiger partial charge in [0.25, 0.3) is 0 Å². The third-order valence-corrected chi connectivity index (χ3v) is 11.7. The molecule has 8 unspecified atom stereocenters. The fourth-order valence-corrected chi connectivity index (χ4v) is 9.85. The number of rotatable bonds is 7. The molecule has 204 valence electrons. The summed E-state index contributed by atoms with van der Waals surface area (Å²) in [6, 6.07) is 5.65. The van der Waals surface area contributed by atoms with Crippen molar-refractivity contribution in [3.8, 4) is 5.75 Å². The third kappa shape index (κ3) is 4.74. The number of hydrogen-bond donors (Lipinski definition) is 2. The number of anilines is 2. The molecular formula is C34H52N2O. The van der Waals surface area contributed by atoms with Crippen LogP contribution in [0.4, 0.5) is 11.4 Å². The molecule has 3 heteroatoms. The number of benzene rings is 1. The van der Waals surface area contributed by atoms with Crippen LogP contribution in [-0.2, 0) is 0 Å². The van der Waals surface area contributed by atoms with E-state index >= 15 is 0 Å². The van der Waals surface area contributed by atoms with Crippen molar-refractivity contribution in [2.75, 3.05) is 11.5 Å². The summed E-state index contributed by atoms with van der Waals surface area (Å²) in [5.41, 5.74) is 15.9. The maximum Gasteiger partial charge on any atom is 0.142 e. The second-order valence-corrected chi connectivity index (χ2v) is 13.7. The molecule has 3 nitrogen and oxygen atoms in total. The van der Waals surface area contributed by atoms with E-state index in [1.54, 1.807) is 0 Å². The van der Waals surface area contributed by atoms with Gasteiger partial charge in [0.1, 0.15) is 5.75 Å². The van der Waals surface area contributed by atoms with Gasteiger partial charge in [0, 0.05) is 5.69 Å². The molecule has 1 aromatic carbocycles. The maximum absolute atomic E-state index is 6.47. The molecule has 1 aromatic rings. The molecule has 3 saturated carbocycles. The Bertz CT molecular complexity index is 1020. The number of nitrogens with two attached hydrogens (primary N) is 2. The predicted octanol–water partition coefficient (Wildman–Crippen LogP) is 8.81. The molecule has 3 fully saturated rings.